The Morgan fingerprint density at radius 2 is 2.20 bits per heavy atom. The molecular weight excluding hydrogens is 292 g/mol. The monoisotopic (exact) mass is 300 g/mol. The summed E-state index contributed by atoms with van der Waals surface area (Å²) in [6.07, 6.45) is 3.30. The van der Waals surface area contributed by atoms with Crippen LogP contribution in [0.1, 0.15) is 25.9 Å². The molecule has 0 atom stereocenters. The van der Waals surface area contributed by atoms with Crippen LogP contribution in [0, 0.1) is 18.8 Å². The van der Waals surface area contributed by atoms with Gasteiger partial charge >= 0.3 is 5.97 Å². The van der Waals surface area contributed by atoms with E-state index in [0.717, 1.165) is 26.4 Å². The standard InChI is InChI=1S/C14H8N2O2S2/c1-8-16-10(7-19-8)3-2-9-5-15-6-13-11(9)4-12(20-13)14(17)18/h4-7H,1H3,(H,17,18). The maximum Gasteiger partial charge on any atom is 0.345 e. The first-order chi connectivity index (χ1) is 9.63. The summed E-state index contributed by atoms with van der Waals surface area (Å²) in [5, 5.41) is 12.7. The highest BCUT2D eigenvalue weighted by atomic mass is 32.1. The molecule has 4 nitrogen and oxygen atoms in total. The van der Waals surface area contributed by atoms with E-state index in [-0.39, 0.29) is 0 Å². The molecule has 3 aromatic rings. The van der Waals surface area contributed by atoms with Gasteiger partial charge in [0, 0.05) is 23.2 Å². The Labute approximate surface area is 122 Å². The Bertz CT molecular complexity index is 868. The van der Waals surface area contributed by atoms with Crippen molar-refractivity contribution in [2.24, 2.45) is 0 Å². The number of aryl methyl sites for hydroxylation is 1. The number of thiophene rings is 1. The minimum Gasteiger partial charge on any atom is -0.477 e. The second-order valence-electron chi connectivity index (χ2n) is 4.02. The molecule has 0 radical (unpaired) electrons. The van der Waals surface area contributed by atoms with Gasteiger partial charge in [-0.2, -0.15) is 0 Å². The first-order valence-corrected chi connectivity index (χ1v) is 7.38. The lowest BCUT2D eigenvalue weighted by atomic mass is 10.2. The summed E-state index contributed by atoms with van der Waals surface area (Å²) < 4.78 is 0.823. The molecule has 0 saturated heterocycles. The first kappa shape index (κ1) is 12.8. The van der Waals surface area contributed by atoms with Crippen LogP contribution in [0.2, 0.25) is 0 Å². The van der Waals surface area contributed by atoms with Crippen LogP contribution in [-0.4, -0.2) is 21.0 Å². The predicted molar refractivity (Wildman–Crippen MR) is 79.4 cm³/mol. The van der Waals surface area contributed by atoms with E-state index in [1.807, 2.05) is 12.3 Å². The predicted octanol–water partition coefficient (Wildman–Crippen LogP) is 3.16. The molecule has 3 aromatic heterocycles. The molecule has 0 aromatic carbocycles. The Morgan fingerprint density at radius 1 is 1.35 bits per heavy atom. The number of carboxylic acids is 1. The number of aromatic nitrogens is 2. The molecule has 0 amide bonds. The van der Waals surface area contributed by atoms with E-state index < -0.39 is 5.97 Å². The van der Waals surface area contributed by atoms with Crippen LogP contribution in [0.3, 0.4) is 0 Å². The summed E-state index contributed by atoms with van der Waals surface area (Å²) in [6, 6.07) is 1.64. The number of hydrogen-bond acceptors (Lipinski definition) is 5. The second-order valence-corrected chi connectivity index (χ2v) is 6.16. The molecule has 0 saturated carbocycles. The number of carboxylic acid groups (broad SMARTS) is 1. The van der Waals surface area contributed by atoms with E-state index in [4.69, 9.17) is 5.11 Å². The van der Waals surface area contributed by atoms with Gasteiger partial charge in [-0.15, -0.1) is 22.7 Å². The number of thiazole rings is 1. The minimum absolute atomic E-state index is 0.292. The summed E-state index contributed by atoms with van der Waals surface area (Å²) in [5.41, 5.74) is 1.44. The zero-order valence-electron chi connectivity index (χ0n) is 10.4. The molecule has 98 valence electrons. The van der Waals surface area contributed by atoms with Gasteiger partial charge in [0.1, 0.15) is 10.6 Å². The number of hydrogen-bond donors (Lipinski definition) is 1. The van der Waals surface area contributed by atoms with E-state index in [1.54, 1.807) is 29.8 Å². The van der Waals surface area contributed by atoms with Crippen molar-refractivity contribution >= 4 is 38.7 Å². The van der Waals surface area contributed by atoms with Crippen molar-refractivity contribution in [3.05, 3.63) is 45.0 Å². The third kappa shape index (κ3) is 2.41. The van der Waals surface area contributed by atoms with Gasteiger partial charge in [0.25, 0.3) is 0 Å². The lowest BCUT2D eigenvalue weighted by Gasteiger charge is -1.91. The molecule has 0 aliphatic carbocycles. The summed E-state index contributed by atoms with van der Waals surface area (Å²) >= 11 is 2.75. The first-order valence-electron chi connectivity index (χ1n) is 5.68. The highest BCUT2D eigenvalue weighted by molar-refractivity contribution is 7.20. The van der Waals surface area contributed by atoms with Crippen LogP contribution >= 0.6 is 22.7 Å². The van der Waals surface area contributed by atoms with E-state index in [9.17, 15) is 4.79 Å². The number of carbonyl (C=O) groups is 1. The van der Waals surface area contributed by atoms with Crippen LogP contribution in [0.5, 0.6) is 0 Å². The molecule has 0 unspecified atom stereocenters. The number of rotatable bonds is 1. The molecule has 0 aliphatic heterocycles. The highest BCUT2D eigenvalue weighted by Gasteiger charge is 2.10. The summed E-state index contributed by atoms with van der Waals surface area (Å²) in [7, 11) is 0. The van der Waals surface area contributed by atoms with Crippen LogP contribution in [0.25, 0.3) is 10.1 Å². The number of pyridine rings is 1. The molecule has 3 heterocycles. The minimum atomic E-state index is -0.930. The van der Waals surface area contributed by atoms with Crippen LogP contribution in [0.4, 0.5) is 0 Å². The normalized spacial score (nSPS) is 10.2. The van der Waals surface area contributed by atoms with Crippen LogP contribution in [-0.2, 0) is 0 Å². The molecule has 3 rings (SSSR count). The Hall–Kier alpha value is -2.23. The van der Waals surface area contributed by atoms with Crippen molar-refractivity contribution in [1.29, 1.82) is 0 Å². The zero-order valence-corrected chi connectivity index (χ0v) is 12.0. The van der Waals surface area contributed by atoms with Gasteiger partial charge in [-0.1, -0.05) is 5.92 Å². The molecule has 1 N–H and O–H groups in total. The van der Waals surface area contributed by atoms with Gasteiger partial charge in [0.05, 0.1) is 15.3 Å². The van der Waals surface area contributed by atoms with Crippen LogP contribution < -0.4 is 0 Å². The zero-order chi connectivity index (χ0) is 14.1. The Kier molecular flexibility index (Phi) is 3.22. The van der Waals surface area contributed by atoms with E-state index in [0.29, 0.717) is 4.88 Å². The van der Waals surface area contributed by atoms with Crippen molar-refractivity contribution in [3.8, 4) is 11.8 Å². The van der Waals surface area contributed by atoms with Gasteiger partial charge in [-0.05, 0) is 18.9 Å². The maximum absolute atomic E-state index is 11.0. The van der Waals surface area contributed by atoms with Crippen LogP contribution in [0.15, 0.2) is 23.8 Å². The molecule has 6 heteroatoms. The molecule has 20 heavy (non-hydrogen) atoms. The van der Waals surface area contributed by atoms with Gasteiger partial charge in [-0.3, -0.25) is 4.98 Å². The summed E-state index contributed by atoms with van der Waals surface area (Å²) in [5.74, 6) is 5.06. The lowest BCUT2D eigenvalue weighted by Crippen LogP contribution is -1.89. The third-order valence-electron chi connectivity index (χ3n) is 2.60. The van der Waals surface area contributed by atoms with Crippen molar-refractivity contribution in [3.63, 3.8) is 0 Å². The van der Waals surface area contributed by atoms with Crippen molar-refractivity contribution in [2.45, 2.75) is 6.92 Å². The fourth-order valence-electron chi connectivity index (χ4n) is 1.72. The van der Waals surface area contributed by atoms with Crippen molar-refractivity contribution in [2.75, 3.05) is 0 Å². The number of nitrogens with zero attached hydrogens (tertiary/aromatic N) is 2. The van der Waals surface area contributed by atoms with Gasteiger partial charge in [0.15, 0.2) is 0 Å². The van der Waals surface area contributed by atoms with Gasteiger partial charge in [-0.25, -0.2) is 9.78 Å². The summed E-state index contributed by atoms with van der Waals surface area (Å²) in [6.45, 7) is 1.93. The van der Waals surface area contributed by atoms with E-state index in [1.165, 1.54) is 11.3 Å². The smallest absolute Gasteiger partial charge is 0.345 e. The van der Waals surface area contributed by atoms with Crippen molar-refractivity contribution in [1.82, 2.24) is 9.97 Å². The fraction of sp³-hybridized carbons (Fsp3) is 0.0714. The van der Waals surface area contributed by atoms with Crippen molar-refractivity contribution < 1.29 is 9.90 Å². The van der Waals surface area contributed by atoms with Gasteiger partial charge in [0.2, 0.25) is 0 Å². The Morgan fingerprint density at radius 3 is 2.90 bits per heavy atom. The molecule has 0 aliphatic rings. The van der Waals surface area contributed by atoms with E-state index in [2.05, 4.69) is 21.8 Å². The SMILES string of the molecule is Cc1nc(C#Cc2cncc3sc(C(=O)O)cc23)cs1. The molecule has 0 fully saturated rings. The maximum atomic E-state index is 11.0. The molecule has 0 bridgehead atoms. The largest absolute Gasteiger partial charge is 0.477 e. The quantitative estimate of drug-likeness (QED) is 0.701. The lowest BCUT2D eigenvalue weighted by molar-refractivity contribution is 0.0702. The third-order valence-corrected chi connectivity index (χ3v) is 4.43. The average molecular weight is 300 g/mol. The van der Waals surface area contributed by atoms with E-state index >= 15 is 0 Å². The average Bonchev–Trinajstić information content (AvgIpc) is 3.02. The molecule has 0 spiro atoms. The highest BCUT2D eigenvalue weighted by Crippen LogP contribution is 2.27. The number of fused-ring (bicyclic) bond motifs is 1. The fourth-order valence-corrected chi connectivity index (χ4v) is 3.16. The van der Waals surface area contributed by atoms with Gasteiger partial charge < -0.3 is 5.11 Å². The summed E-state index contributed by atoms with van der Waals surface area (Å²) in [4.78, 5) is 19.7. The topological polar surface area (TPSA) is 63.1 Å². The molecular formula is C14H8N2O2S2. The number of aromatic carboxylic acids is 1. The Balaban J connectivity index is 2.08. The second kappa shape index (κ2) is 5.04.